The largest absolute Gasteiger partial charge is 0.711 e. The minimum atomic E-state index is -1.31. The first-order valence-corrected chi connectivity index (χ1v) is 8.21. The van der Waals surface area contributed by atoms with Gasteiger partial charge in [-0.25, -0.2) is 18.9 Å². The first-order chi connectivity index (χ1) is 12.0. The summed E-state index contributed by atoms with van der Waals surface area (Å²) in [6.45, 7) is 6.39. The lowest BCUT2D eigenvalue weighted by atomic mass is 9.82. The van der Waals surface area contributed by atoms with Crippen LogP contribution in [-0.4, -0.2) is 33.5 Å². The van der Waals surface area contributed by atoms with Crippen LogP contribution in [0.3, 0.4) is 0 Å². The minimum Gasteiger partial charge on any atom is -0.711 e. The molecular formula is C16H22N4O6. The summed E-state index contributed by atoms with van der Waals surface area (Å²) >= 11 is 0. The number of rotatable bonds is 6. The molecule has 0 saturated carbocycles. The van der Waals surface area contributed by atoms with Gasteiger partial charge in [-0.3, -0.25) is 20.2 Å². The molecule has 1 aromatic heterocycles. The van der Waals surface area contributed by atoms with Gasteiger partial charge >= 0.3 is 12.0 Å². The van der Waals surface area contributed by atoms with Crippen LogP contribution in [0.2, 0.25) is 0 Å². The molecule has 26 heavy (non-hydrogen) atoms. The number of carbonyl (C=O) groups is 4. The number of hydrogen-bond donors (Lipinski definition) is 3. The van der Waals surface area contributed by atoms with Gasteiger partial charge in [-0.15, -0.1) is 0 Å². The van der Waals surface area contributed by atoms with E-state index in [1.165, 1.54) is 4.57 Å². The first kappa shape index (κ1) is 19.4. The van der Waals surface area contributed by atoms with Crippen LogP contribution in [0.1, 0.15) is 43.4 Å². The second-order valence-corrected chi connectivity index (χ2v) is 6.82. The average molecular weight is 366 g/mol. The molecule has 0 spiro atoms. The van der Waals surface area contributed by atoms with Crippen LogP contribution in [0.4, 0.5) is 4.79 Å². The maximum atomic E-state index is 12.7. The lowest BCUT2D eigenvalue weighted by Gasteiger charge is -2.28. The molecule has 2 rings (SSSR count). The van der Waals surface area contributed by atoms with Crippen LogP contribution in [0.15, 0.2) is 0 Å². The molecule has 10 heteroatoms. The van der Waals surface area contributed by atoms with Crippen LogP contribution < -0.4 is 15.4 Å². The molecule has 1 aliphatic rings. The van der Waals surface area contributed by atoms with Crippen LogP contribution in [0.25, 0.3) is 0 Å². The smallest absolute Gasteiger partial charge is 0.346 e. The normalized spacial score (nSPS) is 16.6. The summed E-state index contributed by atoms with van der Waals surface area (Å²) in [5, 5.41) is 26.0. The fourth-order valence-electron chi connectivity index (χ4n) is 3.27. The molecule has 1 fully saturated rings. The van der Waals surface area contributed by atoms with Crippen LogP contribution >= 0.6 is 0 Å². The Kier molecular flexibility index (Phi) is 5.33. The summed E-state index contributed by atoms with van der Waals surface area (Å²) in [5.74, 6) is -4.91. The van der Waals surface area contributed by atoms with E-state index in [4.69, 9.17) is 0 Å². The maximum Gasteiger partial charge on any atom is 0.346 e. The average Bonchev–Trinajstić information content (AvgIpc) is 2.69. The van der Waals surface area contributed by atoms with E-state index in [9.17, 15) is 29.5 Å². The number of aromatic nitrogens is 2. The van der Waals surface area contributed by atoms with Gasteiger partial charge in [-0.05, 0) is 12.3 Å². The zero-order valence-corrected chi connectivity index (χ0v) is 15.0. The van der Waals surface area contributed by atoms with Gasteiger partial charge in [0.25, 0.3) is 5.82 Å². The van der Waals surface area contributed by atoms with E-state index in [0.29, 0.717) is 16.1 Å². The van der Waals surface area contributed by atoms with Gasteiger partial charge in [0.05, 0.1) is 5.92 Å². The number of nitrogens with one attached hydrogen (secondary N) is 2. The number of imide groups is 2. The van der Waals surface area contributed by atoms with E-state index < -0.39 is 42.2 Å². The first-order valence-electron chi connectivity index (χ1n) is 8.21. The molecule has 2 heterocycles. The summed E-state index contributed by atoms with van der Waals surface area (Å²) in [7, 11) is 0. The van der Waals surface area contributed by atoms with E-state index in [0.717, 1.165) is 0 Å². The number of amides is 4. The third-order valence-corrected chi connectivity index (χ3v) is 4.51. The number of carbonyl (C=O) groups excluding carboxylic acids is 3. The van der Waals surface area contributed by atoms with Crippen LogP contribution in [0, 0.1) is 30.9 Å². The molecule has 3 N–H and O–H groups in total. The topological polar surface area (TPSA) is 144 Å². The summed E-state index contributed by atoms with van der Waals surface area (Å²) in [6.07, 6.45) is 0.282. The second kappa shape index (κ2) is 7.14. The Balaban J connectivity index is 2.63. The van der Waals surface area contributed by atoms with Crippen molar-refractivity contribution in [2.45, 2.75) is 46.6 Å². The lowest BCUT2D eigenvalue weighted by molar-refractivity contribution is -0.622. The summed E-state index contributed by atoms with van der Waals surface area (Å²) in [6, 6.07) is -0.914. The van der Waals surface area contributed by atoms with Crippen molar-refractivity contribution in [3.63, 3.8) is 0 Å². The van der Waals surface area contributed by atoms with Crippen molar-refractivity contribution >= 4 is 23.8 Å². The van der Waals surface area contributed by atoms with E-state index in [1.807, 2.05) is 24.5 Å². The van der Waals surface area contributed by atoms with Gasteiger partial charge in [0.2, 0.25) is 11.8 Å². The zero-order valence-electron chi connectivity index (χ0n) is 15.0. The van der Waals surface area contributed by atoms with Gasteiger partial charge in [-0.2, -0.15) is 0 Å². The van der Waals surface area contributed by atoms with E-state index in [1.54, 1.807) is 13.8 Å². The highest BCUT2D eigenvalue weighted by Crippen LogP contribution is 2.32. The number of barbiturate groups is 1. The van der Waals surface area contributed by atoms with Crippen molar-refractivity contribution in [3.05, 3.63) is 22.4 Å². The van der Waals surface area contributed by atoms with E-state index in [2.05, 4.69) is 0 Å². The fourth-order valence-corrected chi connectivity index (χ4v) is 3.27. The van der Waals surface area contributed by atoms with E-state index in [-0.39, 0.29) is 18.2 Å². The Bertz CT molecular complexity index is 762. The molecule has 10 nitrogen and oxygen atoms in total. The van der Waals surface area contributed by atoms with Gasteiger partial charge in [0.1, 0.15) is 17.3 Å². The van der Waals surface area contributed by atoms with Crippen molar-refractivity contribution in [2.24, 2.45) is 11.8 Å². The molecule has 0 bridgehead atoms. The quantitative estimate of drug-likeness (QED) is 0.365. The molecule has 142 valence electrons. The molecule has 1 atom stereocenters. The van der Waals surface area contributed by atoms with Crippen LogP contribution in [-0.2, 0) is 20.9 Å². The Morgan fingerprint density at radius 3 is 2.23 bits per heavy atom. The molecule has 4 amide bonds. The predicted molar refractivity (Wildman–Crippen MR) is 87.9 cm³/mol. The number of carboxylic acid groups (broad SMARTS) is 1. The molecule has 1 saturated heterocycles. The third-order valence-electron chi connectivity index (χ3n) is 4.51. The summed E-state index contributed by atoms with van der Waals surface area (Å²) < 4.78 is 1.89. The Morgan fingerprint density at radius 1 is 1.23 bits per heavy atom. The number of carboxylic acids is 1. The lowest BCUT2D eigenvalue weighted by Crippen LogP contribution is -2.58. The number of imidazole rings is 1. The third kappa shape index (κ3) is 3.53. The van der Waals surface area contributed by atoms with Crippen molar-refractivity contribution in [1.29, 1.82) is 0 Å². The standard InChI is InChI=1S/C16H22N4O6/c1-7(2)5-10(12-13(23)17-16(25)18-14(12)24)15-19(6-11(21)22)8(3)9(4)20(15)26/h7,10,12H,5-6H2,1-4H3,(H,21,22)(H2,17,18,23,24,25). The predicted octanol–water partition coefficient (Wildman–Crippen LogP) is -0.0652. The van der Waals surface area contributed by atoms with Crippen molar-refractivity contribution < 1.29 is 29.0 Å². The fraction of sp³-hybridized carbons (Fsp3) is 0.562. The van der Waals surface area contributed by atoms with Crippen LogP contribution in [0.5, 0.6) is 0 Å². The highest BCUT2D eigenvalue weighted by Gasteiger charge is 2.46. The molecule has 1 unspecified atom stereocenters. The van der Waals surface area contributed by atoms with Gasteiger partial charge in [-0.1, -0.05) is 13.8 Å². The number of aliphatic carboxylic acids is 1. The number of urea groups is 1. The molecule has 1 aromatic rings. The molecular weight excluding hydrogens is 344 g/mol. The zero-order chi connectivity index (χ0) is 19.8. The maximum absolute atomic E-state index is 12.7. The number of nitrogens with zero attached hydrogens (tertiary/aromatic N) is 2. The van der Waals surface area contributed by atoms with Gasteiger partial charge < -0.3 is 10.3 Å². The molecule has 0 radical (unpaired) electrons. The Labute approximate surface area is 149 Å². The van der Waals surface area contributed by atoms with E-state index >= 15 is 0 Å². The van der Waals surface area contributed by atoms with Crippen molar-refractivity contribution in [3.8, 4) is 0 Å². The molecule has 0 aromatic carbocycles. The Hall–Kier alpha value is -2.91. The second-order valence-electron chi connectivity index (χ2n) is 6.82. The SMILES string of the molecule is Cc1c(C)[n+]([O-])c(C(CC(C)C)C2C(=O)NC(=O)NC2=O)n1CC(=O)O. The van der Waals surface area contributed by atoms with Gasteiger partial charge in [0, 0.05) is 13.8 Å². The Morgan fingerprint density at radius 2 is 1.77 bits per heavy atom. The summed E-state index contributed by atoms with van der Waals surface area (Å²) in [4.78, 5) is 47.2. The highest BCUT2D eigenvalue weighted by molar-refractivity contribution is 6.16. The monoisotopic (exact) mass is 366 g/mol. The minimum absolute atomic E-state index is 0.00650. The van der Waals surface area contributed by atoms with Crippen molar-refractivity contribution in [1.82, 2.24) is 15.2 Å². The highest BCUT2D eigenvalue weighted by atomic mass is 16.5. The number of hydrogen-bond acceptors (Lipinski definition) is 5. The van der Waals surface area contributed by atoms with Gasteiger partial charge in [0.15, 0.2) is 6.54 Å². The summed E-state index contributed by atoms with van der Waals surface area (Å²) in [5.41, 5.74) is 0.738. The molecule has 1 aliphatic heterocycles. The molecule has 0 aliphatic carbocycles. The van der Waals surface area contributed by atoms with Crippen molar-refractivity contribution in [2.75, 3.05) is 0 Å².